The lowest BCUT2D eigenvalue weighted by atomic mass is 10.2. The Morgan fingerprint density at radius 2 is 1.78 bits per heavy atom. The molecule has 1 aromatic carbocycles. The summed E-state index contributed by atoms with van der Waals surface area (Å²) in [5.74, 6) is 0. The van der Waals surface area contributed by atoms with Crippen molar-refractivity contribution in [2.75, 3.05) is 44.1 Å². The molecule has 0 aliphatic rings. The molecule has 3 nitrogen and oxygen atoms in total. The molecule has 1 rings (SSSR count). The van der Waals surface area contributed by atoms with Crippen LogP contribution in [0.15, 0.2) is 24.3 Å². The average Bonchev–Trinajstić information content (AvgIpc) is 2.38. The zero-order chi connectivity index (χ0) is 13.2. The highest BCUT2D eigenvalue weighted by atomic mass is 16.5. The number of nitrogens with zero attached hydrogens (tertiary/aromatic N) is 1. The first-order valence-corrected chi connectivity index (χ1v) is 6.83. The first-order valence-electron chi connectivity index (χ1n) is 6.83. The topological polar surface area (TPSA) is 24.5 Å². The second-order valence-corrected chi connectivity index (χ2v) is 4.69. The average molecular weight is 250 g/mol. The number of rotatable bonds is 9. The van der Waals surface area contributed by atoms with Gasteiger partial charge in [-0.05, 0) is 43.5 Å². The van der Waals surface area contributed by atoms with Gasteiger partial charge in [0.25, 0.3) is 0 Å². The van der Waals surface area contributed by atoms with Gasteiger partial charge in [0.05, 0.1) is 0 Å². The quantitative estimate of drug-likeness (QED) is 0.680. The Morgan fingerprint density at radius 3 is 2.39 bits per heavy atom. The highest BCUT2D eigenvalue weighted by Crippen LogP contribution is 2.15. The highest BCUT2D eigenvalue weighted by Gasteiger charge is 1.95. The van der Waals surface area contributed by atoms with Crippen LogP contribution in [0.4, 0.5) is 11.4 Å². The van der Waals surface area contributed by atoms with Gasteiger partial charge in [-0.2, -0.15) is 0 Å². The van der Waals surface area contributed by atoms with Gasteiger partial charge >= 0.3 is 0 Å². The standard InChI is InChI=1S/C15H26N2O/c1-4-12-18-13-6-5-11-16-14-7-9-15(10-8-14)17(2)3/h7-10,16H,4-6,11-13H2,1-3H3. The van der Waals surface area contributed by atoms with Crippen LogP contribution < -0.4 is 10.2 Å². The van der Waals surface area contributed by atoms with Crippen LogP contribution in [-0.2, 0) is 4.74 Å². The van der Waals surface area contributed by atoms with Crippen molar-refractivity contribution in [3.8, 4) is 0 Å². The van der Waals surface area contributed by atoms with E-state index in [1.54, 1.807) is 0 Å². The number of nitrogens with one attached hydrogen (secondary N) is 1. The molecule has 18 heavy (non-hydrogen) atoms. The maximum atomic E-state index is 5.44. The Labute approximate surface area is 111 Å². The lowest BCUT2D eigenvalue weighted by Crippen LogP contribution is -2.08. The molecule has 0 aliphatic carbocycles. The molecule has 0 unspecified atom stereocenters. The number of benzene rings is 1. The highest BCUT2D eigenvalue weighted by molar-refractivity contribution is 5.54. The molecule has 0 saturated carbocycles. The van der Waals surface area contributed by atoms with Gasteiger partial charge in [0, 0.05) is 45.2 Å². The second-order valence-electron chi connectivity index (χ2n) is 4.69. The Morgan fingerprint density at radius 1 is 1.06 bits per heavy atom. The van der Waals surface area contributed by atoms with Crippen LogP contribution in [-0.4, -0.2) is 33.9 Å². The van der Waals surface area contributed by atoms with E-state index in [0.29, 0.717) is 0 Å². The fourth-order valence-corrected chi connectivity index (χ4v) is 1.69. The molecule has 0 aromatic heterocycles. The molecule has 1 aromatic rings. The summed E-state index contributed by atoms with van der Waals surface area (Å²) in [6, 6.07) is 8.52. The maximum absolute atomic E-state index is 5.44. The predicted octanol–water partition coefficient (Wildman–Crippen LogP) is 3.37. The van der Waals surface area contributed by atoms with E-state index in [2.05, 4.69) is 55.5 Å². The van der Waals surface area contributed by atoms with E-state index in [4.69, 9.17) is 4.74 Å². The summed E-state index contributed by atoms with van der Waals surface area (Å²) in [6.07, 6.45) is 3.39. The van der Waals surface area contributed by atoms with Crippen molar-refractivity contribution in [3.05, 3.63) is 24.3 Å². The minimum Gasteiger partial charge on any atom is -0.385 e. The maximum Gasteiger partial charge on any atom is 0.0466 e. The minimum atomic E-state index is 0.884. The van der Waals surface area contributed by atoms with Crippen LogP contribution >= 0.6 is 0 Å². The van der Waals surface area contributed by atoms with E-state index in [-0.39, 0.29) is 0 Å². The Hall–Kier alpha value is -1.22. The van der Waals surface area contributed by atoms with Crippen molar-refractivity contribution >= 4 is 11.4 Å². The molecule has 0 aliphatic heterocycles. The van der Waals surface area contributed by atoms with Crippen LogP contribution in [0.5, 0.6) is 0 Å². The number of hydrogen-bond acceptors (Lipinski definition) is 3. The SMILES string of the molecule is CCCOCCCCNc1ccc(N(C)C)cc1. The van der Waals surface area contributed by atoms with Gasteiger partial charge in [-0.3, -0.25) is 0 Å². The van der Waals surface area contributed by atoms with Gasteiger partial charge in [-0.25, -0.2) is 0 Å². The van der Waals surface area contributed by atoms with E-state index >= 15 is 0 Å². The van der Waals surface area contributed by atoms with E-state index in [9.17, 15) is 0 Å². The van der Waals surface area contributed by atoms with Gasteiger partial charge in [-0.15, -0.1) is 0 Å². The summed E-state index contributed by atoms with van der Waals surface area (Å²) in [5.41, 5.74) is 2.42. The molecule has 0 atom stereocenters. The van der Waals surface area contributed by atoms with Crippen LogP contribution in [0, 0.1) is 0 Å². The lowest BCUT2D eigenvalue weighted by molar-refractivity contribution is 0.131. The summed E-state index contributed by atoms with van der Waals surface area (Å²) in [5, 5.41) is 3.43. The second kappa shape index (κ2) is 8.81. The van der Waals surface area contributed by atoms with Crippen LogP contribution in [0.3, 0.4) is 0 Å². The van der Waals surface area contributed by atoms with Crippen molar-refractivity contribution in [1.29, 1.82) is 0 Å². The summed E-state index contributed by atoms with van der Waals surface area (Å²) in [6.45, 7) is 4.92. The van der Waals surface area contributed by atoms with E-state index in [1.165, 1.54) is 11.4 Å². The van der Waals surface area contributed by atoms with E-state index in [1.807, 2.05) is 0 Å². The van der Waals surface area contributed by atoms with Crippen molar-refractivity contribution in [2.45, 2.75) is 26.2 Å². The van der Waals surface area contributed by atoms with E-state index < -0.39 is 0 Å². The molecule has 0 heterocycles. The minimum absolute atomic E-state index is 0.884. The van der Waals surface area contributed by atoms with Gasteiger partial charge in [0.15, 0.2) is 0 Å². The largest absolute Gasteiger partial charge is 0.385 e. The smallest absolute Gasteiger partial charge is 0.0466 e. The third-order valence-electron chi connectivity index (χ3n) is 2.78. The predicted molar refractivity (Wildman–Crippen MR) is 79.6 cm³/mol. The van der Waals surface area contributed by atoms with E-state index in [0.717, 1.165) is 39.0 Å². The number of unbranched alkanes of at least 4 members (excludes halogenated alkanes) is 1. The zero-order valence-electron chi connectivity index (χ0n) is 11.9. The zero-order valence-corrected chi connectivity index (χ0v) is 11.9. The first kappa shape index (κ1) is 14.8. The van der Waals surface area contributed by atoms with Crippen LogP contribution in [0.25, 0.3) is 0 Å². The third-order valence-corrected chi connectivity index (χ3v) is 2.78. The fourth-order valence-electron chi connectivity index (χ4n) is 1.69. The molecule has 0 fully saturated rings. The molecule has 1 N–H and O–H groups in total. The summed E-state index contributed by atoms with van der Waals surface area (Å²) in [7, 11) is 4.11. The van der Waals surface area contributed by atoms with Gasteiger partial charge in [-0.1, -0.05) is 6.92 Å². The molecule has 3 heteroatoms. The van der Waals surface area contributed by atoms with Crippen molar-refractivity contribution < 1.29 is 4.74 Å². The summed E-state index contributed by atoms with van der Waals surface area (Å²) < 4.78 is 5.44. The van der Waals surface area contributed by atoms with Gasteiger partial charge < -0.3 is 15.0 Å². The third kappa shape index (κ3) is 5.92. The van der Waals surface area contributed by atoms with Gasteiger partial charge in [0.2, 0.25) is 0 Å². The molecular formula is C15H26N2O. The molecule has 102 valence electrons. The Kier molecular flexibility index (Phi) is 7.26. The molecule has 0 saturated heterocycles. The summed E-state index contributed by atoms with van der Waals surface area (Å²) in [4.78, 5) is 2.11. The number of anilines is 2. The molecule has 0 amide bonds. The molecular weight excluding hydrogens is 224 g/mol. The summed E-state index contributed by atoms with van der Waals surface area (Å²) >= 11 is 0. The molecule has 0 radical (unpaired) electrons. The Bertz CT molecular complexity index is 309. The number of hydrogen-bond donors (Lipinski definition) is 1. The monoisotopic (exact) mass is 250 g/mol. The van der Waals surface area contributed by atoms with Crippen LogP contribution in [0.1, 0.15) is 26.2 Å². The molecule has 0 spiro atoms. The Balaban J connectivity index is 2.12. The fraction of sp³-hybridized carbons (Fsp3) is 0.600. The first-order chi connectivity index (χ1) is 8.74. The van der Waals surface area contributed by atoms with Gasteiger partial charge in [0.1, 0.15) is 0 Å². The number of ether oxygens (including phenoxy) is 1. The lowest BCUT2D eigenvalue weighted by Gasteiger charge is -2.13. The van der Waals surface area contributed by atoms with Crippen molar-refractivity contribution in [1.82, 2.24) is 0 Å². The van der Waals surface area contributed by atoms with Crippen molar-refractivity contribution in [3.63, 3.8) is 0 Å². The van der Waals surface area contributed by atoms with Crippen molar-refractivity contribution in [2.24, 2.45) is 0 Å². The normalized spacial score (nSPS) is 10.4. The molecule has 0 bridgehead atoms. The van der Waals surface area contributed by atoms with Crippen LogP contribution in [0.2, 0.25) is 0 Å².